The quantitative estimate of drug-likeness (QED) is 0.169. The number of carbonyl (C=O) groups excluding carboxylic acids is 4. The van der Waals surface area contributed by atoms with Gasteiger partial charge in [0.05, 0.1) is 34.7 Å². The van der Waals surface area contributed by atoms with E-state index >= 15 is 0 Å². The van der Waals surface area contributed by atoms with Gasteiger partial charge in [-0.1, -0.05) is 41.1 Å². The fourth-order valence-corrected chi connectivity index (χ4v) is 11.4. The number of nitrogens with zero attached hydrogens (tertiary/aromatic N) is 1. The summed E-state index contributed by atoms with van der Waals surface area (Å²) < 4.78 is 11.2. The predicted octanol–water partition coefficient (Wildman–Crippen LogP) is 5.96. The Bertz CT molecular complexity index is 2050. The number of benzene rings is 3. The van der Waals surface area contributed by atoms with Crippen LogP contribution < -0.4 is 19.8 Å². The van der Waals surface area contributed by atoms with Gasteiger partial charge in [0, 0.05) is 32.3 Å². The number of aromatic amines is 1. The number of ether oxygens (including phenoxy) is 2. The van der Waals surface area contributed by atoms with Crippen LogP contribution in [0.4, 0.5) is 11.4 Å². The molecule has 3 heterocycles. The molecule has 2 aliphatic carbocycles. The Labute approximate surface area is 294 Å². The molecule has 13 heteroatoms. The van der Waals surface area contributed by atoms with Crippen LogP contribution in [0.5, 0.6) is 5.75 Å². The lowest BCUT2D eigenvalue weighted by Crippen LogP contribution is -2.42. The van der Waals surface area contributed by atoms with Gasteiger partial charge in [-0.05, 0) is 85.7 Å². The zero-order chi connectivity index (χ0) is 34.0. The average molecular weight is 716 g/mol. The minimum absolute atomic E-state index is 0.0193. The number of esters is 1. The second-order valence-electron chi connectivity index (χ2n) is 12.6. The van der Waals surface area contributed by atoms with Crippen LogP contribution in [-0.2, 0) is 19.1 Å². The van der Waals surface area contributed by atoms with E-state index in [4.69, 9.17) is 21.1 Å². The molecule has 2 aliphatic heterocycles. The number of thiazole rings is 1. The van der Waals surface area contributed by atoms with Gasteiger partial charge in [-0.3, -0.25) is 24.1 Å². The Morgan fingerprint density at radius 2 is 1.71 bits per heavy atom. The fraction of sp³-hybridized carbons (Fsp3) is 0.306. The number of imide groups is 1. The molecule has 8 rings (SSSR count). The fourth-order valence-electron chi connectivity index (χ4n) is 8.33. The topological polar surface area (TPSA) is 135 Å². The molecule has 3 amide bonds. The first-order valence-corrected chi connectivity index (χ1v) is 18.1. The summed E-state index contributed by atoms with van der Waals surface area (Å²) in [6, 6.07) is 20.7. The van der Waals surface area contributed by atoms with Gasteiger partial charge in [0.1, 0.15) is 5.75 Å². The second kappa shape index (κ2) is 12.5. The lowest BCUT2D eigenvalue weighted by Gasteiger charge is -2.43. The molecular formula is C36H30ClN3O7S2. The van der Waals surface area contributed by atoms with Crippen molar-refractivity contribution < 1.29 is 28.7 Å². The highest BCUT2D eigenvalue weighted by Gasteiger charge is 2.69. The van der Waals surface area contributed by atoms with Gasteiger partial charge >= 0.3 is 10.8 Å². The molecule has 250 valence electrons. The third kappa shape index (κ3) is 5.37. The van der Waals surface area contributed by atoms with Crippen molar-refractivity contribution >= 4 is 69.8 Å². The summed E-state index contributed by atoms with van der Waals surface area (Å²) >= 11 is 9.32. The first-order valence-electron chi connectivity index (χ1n) is 16.0. The van der Waals surface area contributed by atoms with Crippen molar-refractivity contribution in [2.45, 2.75) is 29.5 Å². The number of carbonyl (C=O) groups is 4. The molecular weight excluding hydrogens is 686 g/mol. The molecule has 4 aliphatic rings. The summed E-state index contributed by atoms with van der Waals surface area (Å²) in [7, 11) is 0. The van der Waals surface area contributed by atoms with E-state index in [-0.39, 0.29) is 58.8 Å². The average Bonchev–Trinajstić information content (AvgIpc) is 3.83. The zero-order valence-corrected chi connectivity index (χ0v) is 28.5. The van der Waals surface area contributed by atoms with Gasteiger partial charge in [-0.15, -0.1) is 11.8 Å². The summed E-state index contributed by atoms with van der Waals surface area (Å²) in [6.45, 7) is 1.68. The van der Waals surface area contributed by atoms with Crippen molar-refractivity contribution in [3.8, 4) is 5.75 Å². The maximum atomic E-state index is 14.0. The standard InChI is InChI=1S/C36H30ClN3O7S2/c1-2-46-35(44)17-8-11-19(12-9-17)38-25(41)16-47-24-13-10-18(37)14-21(24)26-27-22-15-23(30(27)48-32-31(26)49-36(45)39-32)29-28(22)33(42)40(34(29)43)20-6-4-3-5-7-20/h3-14,22-23,26-30H,2,15-16H2,1H3,(H,38,41)(H,39,45)/t22?,23?,26-,27?,28?,29?,30?/m1/s1. The van der Waals surface area contributed by atoms with E-state index in [1.165, 1.54) is 4.90 Å². The van der Waals surface area contributed by atoms with Gasteiger partial charge in [-0.2, -0.15) is 0 Å². The molecule has 3 fully saturated rings. The van der Waals surface area contributed by atoms with E-state index in [0.29, 0.717) is 27.7 Å². The largest absolute Gasteiger partial charge is 0.483 e. The highest BCUT2D eigenvalue weighted by Crippen LogP contribution is 2.69. The summed E-state index contributed by atoms with van der Waals surface area (Å²) in [5, 5.41) is 4.00. The Balaban J connectivity index is 1.08. The van der Waals surface area contributed by atoms with E-state index < -0.39 is 23.7 Å². The van der Waals surface area contributed by atoms with Crippen LogP contribution in [0.3, 0.4) is 0 Å². The molecule has 10 nitrogen and oxygen atoms in total. The van der Waals surface area contributed by atoms with Crippen molar-refractivity contribution in [2.75, 3.05) is 23.4 Å². The minimum atomic E-state index is -0.455. The molecule has 4 aromatic rings. The van der Waals surface area contributed by atoms with E-state index in [9.17, 15) is 24.0 Å². The molecule has 6 unspecified atom stereocenters. The van der Waals surface area contributed by atoms with Crippen LogP contribution in [0.2, 0.25) is 5.02 Å². The molecule has 3 aromatic carbocycles. The third-order valence-electron chi connectivity index (χ3n) is 10.1. The second-order valence-corrected chi connectivity index (χ2v) is 15.3. The number of hydrogen-bond acceptors (Lipinski definition) is 9. The van der Waals surface area contributed by atoms with E-state index in [1.54, 1.807) is 67.2 Å². The first kappa shape index (κ1) is 31.9. The number of para-hydroxylation sites is 1. The van der Waals surface area contributed by atoms with Crippen LogP contribution >= 0.6 is 34.7 Å². The summed E-state index contributed by atoms with van der Waals surface area (Å²) in [6.07, 6.45) is 0.738. The van der Waals surface area contributed by atoms with E-state index in [0.717, 1.165) is 33.2 Å². The van der Waals surface area contributed by atoms with E-state index in [1.807, 2.05) is 24.3 Å². The van der Waals surface area contributed by atoms with Crippen molar-refractivity contribution in [3.63, 3.8) is 0 Å². The summed E-state index contributed by atoms with van der Waals surface area (Å²) in [5.41, 5.74) is 2.18. The first-order chi connectivity index (χ1) is 23.7. The van der Waals surface area contributed by atoms with Crippen LogP contribution in [0.1, 0.15) is 40.1 Å². The molecule has 1 aromatic heterocycles. The van der Waals surface area contributed by atoms with Crippen LogP contribution in [0.15, 0.2) is 82.6 Å². The van der Waals surface area contributed by atoms with Gasteiger partial charge in [0.2, 0.25) is 11.8 Å². The number of halogens is 1. The summed E-state index contributed by atoms with van der Waals surface area (Å²) in [5.74, 6) is -2.15. The molecule has 2 N–H and O–H groups in total. The number of H-pyrrole nitrogens is 1. The Kier molecular flexibility index (Phi) is 8.12. The minimum Gasteiger partial charge on any atom is -0.483 e. The Hall–Kier alpha value is -4.39. The molecule has 2 bridgehead atoms. The highest BCUT2D eigenvalue weighted by molar-refractivity contribution is 8.00. The molecule has 0 radical (unpaired) electrons. The van der Waals surface area contributed by atoms with Gasteiger partial charge in [0.25, 0.3) is 5.91 Å². The van der Waals surface area contributed by atoms with Crippen LogP contribution in [0, 0.1) is 29.6 Å². The van der Waals surface area contributed by atoms with Crippen LogP contribution in [-0.4, -0.2) is 47.1 Å². The number of rotatable bonds is 8. The maximum Gasteiger partial charge on any atom is 0.338 e. The third-order valence-corrected chi connectivity index (χ3v) is 12.9. The van der Waals surface area contributed by atoms with Crippen molar-refractivity contribution in [3.05, 3.63) is 103 Å². The number of thioether (sulfide) groups is 1. The Morgan fingerprint density at radius 1 is 0.980 bits per heavy atom. The molecule has 7 atom stereocenters. The lowest BCUT2D eigenvalue weighted by atomic mass is 9.68. The number of hydrogen-bond donors (Lipinski definition) is 2. The number of aromatic nitrogens is 1. The number of fused-ring (bicyclic) bond motifs is 9. The molecule has 2 saturated carbocycles. The van der Waals surface area contributed by atoms with Gasteiger partial charge in [-0.25, -0.2) is 4.79 Å². The maximum absolute atomic E-state index is 14.0. The lowest BCUT2D eigenvalue weighted by molar-refractivity contribution is -0.123. The van der Waals surface area contributed by atoms with E-state index in [2.05, 4.69) is 10.3 Å². The van der Waals surface area contributed by atoms with Gasteiger partial charge < -0.3 is 19.8 Å². The molecule has 0 spiro atoms. The summed E-state index contributed by atoms with van der Waals surface area (Å²) in [4.78, 5) is 70.7. The zero-order valence-electron chi connectivity index (χ0n) is 26.1. The van der Waals surface area contributed by atoms with Gasteiger partial charge in [0.15, 0.2) is 6.61 Å². The van der Waals surface area contributed by atoms with Crippen molar-refractivity contribution in [2.24, 2.45) is 29.6 Å². The SMILES string of the molecule is CCOC(=O)c1ccc(NC(=O)COc2ccc(Cl)cc2[C@H]2c3sc(=O)[nH]c3SC3C4CC(C5C(=O)N(c6ccccc6)C(=O)C45)C32)cc1. The normalized spacial score (nSPS) is 26.2. The predicted molar refractivity (Wildman–Crippen MR) is 185 cm³/mol. The van der Waals surface area contributed by atoms with Crippen molar-refractivity contribution in [1.29, 1.82) is 0 Å². The smallest absolute Gasteiger partial charge is 0.338 e. The Morgan fingerprint density at radius 3 is 2.45 bits per heavy atom. The monoisotopic (exact) mass is 715 g/mol. The number of nitrogens with one attached hydrogen (secondary N) is 2. The van der Waals surface area contributed by atoms with Crippen molar-refractivity contribution in [1.82, 2.24) is 4.98 Å². The molecule has 1 saturated heterocycles. The van der Waals surface area contributed by atoms with Crippen LogP contribution in [0.25, 0.3) is 0 Å². The highest BCUT2D eigenvalue weighted by atomic mass is 35.5. The number of amides is 3. The molecule has 49 heavy (non-hydrogen) atoms. The number of anilines is 2.